The van der Waals surface area contributed by atoms with Crippen molar-refractivity contribution in [2.24, 2.45) is 62.4 Å². The number of anilines is 1. The highest BCUT2D eigenvalue weighted by Crippen LogP contribution is 2.75. The summed E-state index contributed by atoms with van der Waals surface area (Å²) >= 11 is 0. The fourth-order valence-corrected chi connectivity index (χ4v) is 13.1. The Labute approximate surface area is 287 Å². The highest BCUT2D eigenvalue weighted by Gasteiger charge is 2.72. The van der Waals surface area contributed by atoms with Crippen LogP contribution in [0.1, 0.15) is 125 Å². The molecule has 0 amide bonds. The zero-order valence-electron chi connectivity index (χ0n) is 30.6. The molecule has 1 aromatic rings. The Morgan fingerprint density at radius 3 is 2.44 bits per heavy atom. The van der Waals surface area contributed by atoms with Gasteiger partial charge in [-0.25, -0.2) is 0 Å². The summed E-state index contributed by atoms with van der Waals surface area (Å²) in [5.74, 6) is 0.523. The van der Waals surface area contributed by atoms with Gasteiger partial charge in [-0.1, -0.05) is 84.5 Å². The van der Waals surface area contributed by atoms with Crippen molar-refractivity contribution < 1.29 is 19.4 Å². The molecule has 5 fully saturated rings. The number of fused-ring (bicyclic) bond motifs is 3. The highest BCUT2D eigenvalue weighted by atomic mass is 16.5. The number of carboxylic acids is 1. The van der Waals surface area contributed by atoms with E-state index >= 15 is 0 Å². The van der Waals surface area contributed by atoms with E-state index in [1.165, 1.54) is 12.0 Å². The smallest absolute Gasteiger partial charge is 0.307 e. The number of carbonyl (C=O) groups is 1. The molecule has 1 aromatic heterocycles. The second kappa shape index (κ2) is 11.5. The van der Waals surface area contributed by atoms with Gasteiger partial charge in [0.05, 0.1) is 31.8 Å². The summed E-state index contributed by atoms with van der Waals surface area (Å²) in [5, 5.41) is 24.2. The standard InChI is InChI=1S/C38H62N6O4/c1-23(2)24(3)33(4)17-18-35(6)25-11-12-28-34(5)20-47-22-38(28,26(25)13-16-36(35,7)29(33)31(45)46)19-27(44-42-32(39)41-43-44)30(34)48-21-37(40)14-9-8-10-15-37/h13,23-25,27-30H,8-12,14-22,40H2,1-7H3,(H2,39,42)(H,45,46)/t24-,25+,27-,28+,29-,30+,33-,34+,35-,36+,38?/m1/s1. The van der Waals surface area contributed by atoms with Gasteiger partial charge in [0.1, 0.15) is 6.04 Å². The molecule has 1 unspecified atom stereocenters. The van der Waals surface area contributed by atoms with Crippen molar-refractivity contribution in [1.82, 2.24) is 20.2 Å². The van der Waals surface area contributed by atoms with Gasteiger partial charge in [0, 0.05) is 16.4 Å². The lowest BCUT2D eigenvalue weighted by molar-refractivity contribution is -0.254. The first kappa shape index (κ1) is 34.4. The topological polar surface area (TPSA) is 151 Å². The molecule has 0 spiro atoms. The normalized spacial score (nSPS) is 45.8. The number of rotatable bonds is 7. The van der Waals surface area contributed by atoms with E-state index in [1.807, 2.05) is 0 Å². The van der Waals surface area contributed by atoms with Crippen LogP contribution in [-0.2, 0) is 14.3 Å². The van der Waals surface area contributed by atoms with E-state index in [1.54, 1.807) is 4.80 Å². The van der Waals surface area contributed by atoms with E-state index in [-0.39, 0.29) is 50.7 Å². The average Bonchev–Trinajstić information content (AvgIpc) is 3.46. The Morgan fingerprint density at radius 2 is 1.79 bits per heavy atom. The second-order valence-electron chi connectivity index (χ2n) is 18.7. The van der Waals surface area contributed by atoms with Crippen LogP contribution >= 0.6 is 0 Å². The van der Waals surface area contributed by atoms with Crippen molar-refractivity contribution in [2.45, 2.75) is 137 Å². The largest absolute Gasteiger partial charge is 0.481 e. The number of nitrogens with zero attached hydrogens (tertiary/aromatic N) is 4. The number of nitrogens with two attached hydrogens (primary N) is 2. The van der Waals surface area contributed by atoms with Gasteiger partial charge < -0.3 is 26.0 Å². The fourth-order valence-electron chi connectivity index (χ4n) is 13.1. The molecule has 48 heavy (non-hydrogen) atoms. The van der Waals surface area contributed by atoms with Crippen LogP contribution in [0.5, 0.6) is 0 Å². The minimum Gasteiger partial charge on any atom is -0.481 e. The number of carboxylic acid groups (broad SMARTS) is 1. The zero-order chi connectivity index (χ0) is 34.5. The molecule has 10 heteroatoms. The van der Waals surface area contributed by atoms with Crippen molar-refractivity contribution >= 4 is 11.9 Å². The van der Waals surface area contributed by atoms with E-state index in [0.717, 1.165) is 64.2 Å². The summed E-state index contributed by atoms with van der Waals surface area (Å²) < 4.78 is 13.7. The first-order valence-corrected chi connectivity index (χ1v) is 19.0. The number of tetrazole rings is 1. The Hall–Kier alpha value is -2.04. The Balaban J connectivity index is 1.29. The van der Waals surface area contributed by atoms with Crippen LogP contribution in [0.4, 0.5) is 5.95 Å². The molecule has 7 rings (SSSR count). The first-order valence-electron chi connectivity index (χ1n) is 19.0. The third-order valence-corrected chi connectivity index (χ3v) is 16.2. The summed E-state index contributed by atoms with van der Waals surface area (Å²) in [6, 6.07) is -0.166. The molecule has 0 radical (unpaired) electrons. The molecular weight excluding hydrogens is 604 g/mol. The number of aromatic nitrogens is 4. The Kier molecular flexibility index (Phi) is 8.24. The minimum atomic E-state index is -0.626. The lowest BCUT2D eigenvalue weighted by Crippen LogP contribution is -2.69. The van der Waals surface area contributed by atoms with Gasteiger partial charge in [0.15, 0.2) is 0 Å². The van der Waals surface area contributed by atoms with Gasteiger partial charge >= 0.3 is 5.97 Å². The summed E-state index contributed by atoms with van der Waals surface area (Å²) in [6.45, 7) is 18.0. The summed E-state index contributed by atoms with van der Waals surface area (Å²) in [4.78, 5) is 15.2. The lowest BCUT2D eigenvalue weighted by atomic mass is 9.34. The Morgan fingerprint density at radius 1 is 1.06 bits per heavy atom. The predicted molar refractivity (Wildman–Crippen MR) is 185 cm³/mol. The van der Waals surface area contributed by atoms with Crippen molar-refractivity contribution in [2.75, 3.05) is 25.6 Å². The molecule has 0 aromatic carbocycles. The third kappa shape index (κ3) is 4.73. The van der Waals surface area contributed by atoms with Gasteiger partial charge in [-0.3, -0.25) is 4.79 Å². The predicted octanol–water partition coefficient (Wildman–Crippen LogP) is 6.43. The zero-order valence-corrected chi connectivity index (χ0v) is 30.6. The van der Waals surface area contributed by atoms with Gasteiger partial charge in [-0.05, 0) is 96.5 Å². The molecule has 1 saturated heterocycles. The first-order chi connectivity index (χ1) is 22.5. The van der Waals surface area contributed by atoms with Crippen LogP contribution in [0.15, 0.2) is 11.6 Å². The molecule has 11 atom stereocenters. The maximum absolute atomic E-state index is 13.4. The monoisotopic (exact) mass is 666 g/mol. The molecule has 6 aliphatic rings. The molecule has 268 valence electrons. The molecule has 4 saturated carbocycles. The van der Waals surface area contributed by atoms with Gasteiger partial charge in [-0.2, -0.15) is 4.80 Å². The number of aliphatic carboxylic acids is 1. The SMILES string of the molecule is CC(C)[C@@H](C)[C@@]1(C)CC[C@]2(C)[C@H]3CC[C@@H]4C5(COC[C@]4(C)[C@@H](OCC4(N)CCCCC4)[C@H](n4nnc(N)n4)C5)C3=CC[C@@]2(C)[C@@H]1C(=O)O. The van der Waals surface area contributed by atoms with Crippen LogP contribution in [0.2, 0.25) is 0 Å². The molecule has 2 heterocycles. The molecular formula is C38H62N6O4. The summed E-state index contributed by atoms with van der Waals surface area (Å²) in [6.07, 6.45) is 13.5. The lowest BCUT2D eigenvalue weighted by Gasteiger charge is -2.71. The van der Waals surface area contributed by atoms with Crippen LogP contribution in [0, 0.1) is 56.7 Å². The fraction of sp³-hybridized carbons (Fsp3) is 0.895. The van der Waals surface area contributed by atoms with E-state index in [9.17, 15) is 9.90 Å². The second-order valence-corrected chi connectivity index (χ2v) is 18.7. The van der Waals surface area contributed by atoms with Gasteiger partial charge in [0.2, 0.25) is 0 Å². The number of nitrogen functional groups attached to an aromatic ring is 1. The Bertz CT molecular complexity index is 1440. The van der Waals surface area contributed by atoms with Gasteiger partial charge in [0.25, 0.3) is 5.95 Å². The summed E-state index contributed by atoms with van der Waals surface area (Å²) in [5.41, 5.74) is 12.9. The van der Waals surface area contributed by atoms with Crippen LogP contribution < -0.4 is 11.5 Å². The van der Waals surface area contributed by atoms with Crippen LogP contribution in [-0.4, -0.2) is 62.7 Å². The molecule has 2 bridgehead atoms. The van der Waals surface area contributed by atoms with E-state index in [4.69, 9.17) is 20.9 Å². The van der Waals surface area contributed by atoms with Crippen LogP contribution in [0.3, 0.4) is 0 Å². The number of hydrogen-bond donors (Lipinski definition) is 3. The van der Waals surface area contributed by atoms with Crippen LogP contribution in [0.25, 0.3) is 0 Å². The average molecular weight is 667 g/mol. The van der Waals surface area contributed by atoms with E-state index in [0.29, 0.717) is 43.5 Å². The minimum absolute atomic E-state index is 0.143. The third-order valence-electron chi connectivity index (χ3n) is 16.2. The maximum atomic E-state index is 13.4. The quantitative estimate of drug-likeness (QED) is 0.280. The van der Waals surface area contributed by atoms with Crippen molar-refractivity contribution in [1.29, 1.82) is 0 Å². The van der Waals surface area contributed by atoms with E-state index < -0.39 is 11.9 Å². The molecule has 5 aliphatic carbocycles. The van der Waals surface area contributed by atoms with Crippen molar-refractivity contribution in [3.05, 3.63) is 11.6 Å². The number of allylic oxidation sites excluding steroid dienone is 1. The van der Waals surface area contributed by atoms with Gasteiger partial charge in [-0.15, -0.1) is 5.10 Å². The molecule has 5 N–H and O–H groups in total. The van der Waals surface area contributed by atoms with Crippen molar-refractivity contribution in [3.63, 3.8) is 0 Å². The summed E-state index contributed by atoms with van der Waals surface area (Å²) in [7, 11) is 0. The molecule has 1 aliphatic heterocycles. The van der Waals surface area contributed by atoms with Crippen molar-refractivity contribution in [3.8, 4) is 0 Å². The highest BCUT2D eigenvalue weighted by molar-refractivity contribution is 5.73. The maximum Gasteiger partial charge on any atom is 0.307 e. The number of ether oxygens (including phenoxy) is 2. The number of hydrogen-bond acceptors (Lipinski definition) is 8. The molecule has 10 nitrogen and oxygen atoms in total. The van der Waals surface area contributed by atoms with E-state index in [2.05, 4.69) is 70.0 Å².